The maximum Gasteiger partial charge on any atom is 0.332 e. The lowest BCUT2D eigenvalue weighted by molar-refractivity contribution is -0.144. The fourth-order valence-electron chi connectivity index (χ4n) is 3.87. The van der Waals surface area contributed by atoms with Crippen molar-refractivity contribution in [3.63, 3.8) is 0 Å². The summed E-state index contributed by atoms with van der Waals surface area (Å²) < 4.78 is 0. The van der Waals surface area contributed by atoms with E-state index in [2.05, 4.69) is 20.9 Å². The van der Waals surface area contributed by atoms with Crippen molar-refractivity contribution in [3.8, 4) is 0 Å². The first-order valence-electron chi connectivity index (χ1n) is 9.78. The lowest BCUT2D eigenvalue weighted by Crippen LogP contribution is -2.63. The topological polar surface area (TPSA) is 192 Å². The van der Waals surface area contributed by atoms with E-state index in [0.29, 0.717) is 18.8 Å². The summed E-state index contributed by atoms with van der Waals surface area (Å²) in [6.45, 7) is 2.23. The zero-order valence-corrected chi connectivity index (χ0v) is 17.7. The molecule has 3 heterocycles. The molecule has 0 aromatic carbocycles. The Hall–Kier alpha value is -2.96. The molecule has 0 aliphatic carbocycles. The van der Waals surface area contributed by atoms with Gasteiger partial charge in [0.25, 0.3) is 0 Å². The summed E-state index contributed by atoms with van der Waals surface area (Å²) in [5, 5.41) is 29.9. The lowest BCUT2D eigenvalue weighted by Gasteiger charge is -2.39. The number of thiophene rings is 1. The SMILES string of the molecule is CC(N[C@@](CCC(=O)O)(C(=O)O)C(=O)c1cccs1)C1CNC2=C(C1)C(N)NC(N)=N2. The molecule has 1 aromatic rings. The first-order chi connectivity index (χ1) is 14.6. The van der Waals surface area contributed by atoms with Gasteiger partial charge in [0.05, 0.1) is 4.88 Å². The van der Waals surface area contributed by atoms with Crippen molar-refractivity contribution in [3.05, 3.63) is 33.8 Å². The second-order valence-corrected chi connectivity index (χ2v) is 8.63. The molecule has 2 aliphatic rings. The molecular weight excluding hydrogens is 424 g/mol. The Morgan fingerprint density at radius 1 is 1.42 bits per heavy atom. The van der Waals surface area contributed by atoms with Gasteiger partial charge in [-0.15, -0.1) is 11.3 Å². The van der Waals surface area contributed by atoms with Crippen molar-refractivity contribution in [1.82, 2.24) is 16.0 Å². The number of guanidine groups is 1. The van der Waals surface area contributed by atoms with E-state index in [1.165, 1.54) is 6.07 Å². The standard InChI is InChI=1S/C19H26N6O5S/c1-9(10-7-11-15(20)23-18(21)24-16(11)22-8-10)25-19(17(29)30,5-4-13(26)27)14(28)12-3-2-6-31-12/h2-3,6,9-10,15,22,25H,4-5,7-8,20H2,1H3,(H,26,27)(H,29,30)(H3,21,23,24)/t9?,10?,15?,19-/m1/s1. The first-order valence-corrected chi connectivity index (χ1v) is 10.7. The molecule has 2 aliphatic heterocycles. The smallest absolute Gasteiger partial charge is 0.332 e. The Balaban J connectivity index is 1.86. The van der Waals surface area contributed by atoms with E-state index < -0.39 is 41.9 Å². The third-order valence-electron chi connectivity index (χ3n) is 5.62. The monoisotopic (exact) mass is 450 g/mol. The number of carboxylic acid groups (broad SMARTS) is 2. The number of nitrogens with zero attached hydrogens (tertiary/aromatic N) is 1. The van der Waals surface area contributed by atoms with Crippen LogP contribution in [0.1, 0.15) is 35.9 Å². The molecule has 11 nitrogen and oxygen atoms in total. The number of ketones is 1. The number of aliphatic carboxylic acids is 2. The van der Waals surface area contributed by atoms with Crippen LogP contribution >= 0.6 is 11.3 Å². The van der Waals surface area contributed by atoms with Crippen LogP contribution in [0.5, 0.6) is 0 Å². The lowest BCUT2D eigenvalue weighted by atomic mass is 9.83. The minimum absolute atomic E-state index is 0.124. The number of carboxylic acids is 2. The average Bonchev–Trinajstić information content (AvgIpc) is 3.24. The van der Waals surface area contributed by atoms with E-state index >= 15 is 0 Å². The molecule has 9 N–H and O–H groups in total. The molecule has 0 saturated carbocycles. The molecular formula is C19H26N6O5S. The first kappa shape index (κ1) is 22.7. The number of nitrogens with one attached hydrogen (secondary N) is 3. The number of hydrogen-bond donors (Lipinski definition) is 7. The van der Waals surface area contributed by atoms with Crippen molar-refractivity contribution < 1.29 is 24.6 Å². The maximum absolute atomic E-state index is 13.2. The highest BCUT2D eigenvalue weighted by Gasteiger charge is 2.48. The molecule has 0 bridgehead atoms. The molecule has 31 heavy (non-hydrogen) atoms. The van der Waals surface area contributed by atoms with Gasteiger partial charge in [0.2, 0.25) is 5.78 Å². The van der Waals surface area contributed by atoms with E-state index in [9.17, 15) is 19.5 Å². The van der Waals surface area contributed by atoms with Crippen LogP contribution in [0.4, 0.5) is 0 Å². The number of rotatable bonds is 9. The highest BCUT2D eigenvalue weighted by molar-refractivity contribution is 7.12. The van der Waals surface area contributed by atoms with Crippen molar-refractivity contribution >= 4 is 35.0 Å². The van der Waals surface area contributed by atoms with Gasteiger partial charge < -0.3 is 32.3 Å². The van der Waals surface area contributed by atoms with Gasteiger partial charge in [-0.1, -0.05) is 6.07 Å². The summed E-state index contributed by atoms with van der Waals surface area (Å²) in [4.78, 5) is 41.2. The minimum Gasteiger partial charge on any atom is -0.481 e. The largest absolute Gasteiger partial charge is 0.481 e. The molecule has 0 fully saturated rings. The fourth-order valence-corrected chi connectivity index (χ4v) is 4.61. The van der Waals surface area contributed by atoms with Crippen LogP contribution in [-0.4, -0.2) is 58.2 Å². The highest BCUT2D eigenvalue weighted by atomic mass is 32.1. The van der Waals surface area contributed by atoms with Gasteiger partial charge in [-0.3, -0.25) is 14.9 Å². The van der Waals surface area contributed by atoms with Gasteiger partial charge in [-0.05, 0) is 37.1 Å². The van der Waals surface area contributed by atoms with Gasteiger partial charge in [0.15, 0.2) is 11.5 Å². The van der Waals surface area contributed by atoms with Gasteiger partial charge in [-0.25, -0.2) is 4.79 Å². The van der Waals surface area contributed by atoms with E-state index in [0.717, 1.165) is 16.9 Å². The summed E-state index contributed by atoms with van der Waals surface area (Å²) >= 11 is 1.12. The number of aliphatic imine (C=N–C) groups is 1. The van der Waals surface area contributed by atoms with Crippen LogP contribution in [-0.2, 0) is 9.59 Å². The predicted octanol–water partition coefficient (Wildman–Crippen LogP) is -0.379. The third-order valence-corrected chi connectivity index (χ3v) is 6.49. The molecule has 3 rings (SSSR count). The minimum atomic E-state index is -2.06. The summed E-state index contributed by atoms with van der Waals surface area (Å²) in [5.41, 5.74) is 10.6. The maximum atomic E-state index is 13.2. The summed E-state index contributed by atoms with van der Waals surface area (Å²) in [7, 11) is 0. The Bertz CT molecular complexity index is 930. The molecule has 168 valence electrons. The van der Waals surface area contributed by atoms with E-state index in [-0.39, 0.29) is 23.2 Å². The van der Waals surface area contributed by atoms with Crippen molar-refractivity contribution in [1.29, 1.82) is 0 Å². The Morgan fingerprint density at radius 3 is 2.77 bits per heavy atom. The molecule has 3 unspecified atom stereocenters. The van der Waals surface area contributed by atoms with E-state index in [1.54, 1.807) is 18.4 Å². The van der Waals surface area contributed by atoms with E-state index in [4.69, 9.17) is 16.6 Å². The van der Waals surface area contributed by atoms with Gasteiger partial charge in [0.1, 0.15) is 12.0 Å². The third kappa shape index (κ3) is 4.70. The van der Waals surface area contributed by atoms with Crippen LogP contribution in [0.3, 0.4) is 0 Å². The Labute approximate surface area is 182 Å². The molecule has 0 radical (unpaired) electrons. The summed E-state index contributed by atoms with van der Waals surface area (Å²) in [6, 6.07) is 2.73. The average molecular weight is 451 g/mol. The van der Waals surface area contributed by atoms with Crippen LogP contribution in [0, 0.1) is 5.92 Å². The predicted molar refractivity (Wildman–Crippen MR) is 114 cm³/mol. The zero-order valence-electron chi connectivity index (χ0n) is 16.9. The Kier molecular flexibility index (Phi) is 6.62. The Morgan fingerprint density at radius 2 is 2.16 bits per heavy atom. The molecule has 0 saturated heterocycles. The fraction of sp³-hybridized carbons (Fsp3) is 0.474. The molecule has 0 spiro atoms. The molecule has 12 heteroatoms. The normalized spacial score (nSPS) is 23.5. The summed E-state index contributed by atoms with van der Waals surface area (Å²) in [6.07, 6.45) is -0.874. The number of nitrogens with two attached hydrogens (primary N) is 2. The zero-order chi connectivity index (χ0) is 22.8. The summed E-state index contributed by atoms with van der Waals surface area (Å²) in [5.74, 6) is -2.55. The van der Waals surface area contributed by atoms with Crippen LogP contribution in [0.2, 0.25) is 0 Å². The van der Waals surface area contributed by atoms with Crippen LogP contribution < -0.4 is 27.4 Å². The second kappa shape index (κ2) is 9.04. The van der Waals surface area contributed by atoms with Crippen molar-refractivity contribution in [2.24, 2.45) is 22.4 Å². The number of carbonyl (C=O) groups is 3. The number of Topliss-reactive ketones (excluding diaryl/α,β-unsaturated/α-hetero) is 1. The highest BCUT2D eigenvalue weighted by Crippen LogP contribution is 2.29. The molecule has 1 aromatic heterocycles. The van der Waals surface area contributed by atoms with Crippen molar-refractivity contribution in [2.45, 2.75) is 43.9 Å². The molecule has 4 atom stereocenters. The van der Waals surface area contributed by atoms with Crippen LogP contribution in [0.25, 0.3) is 0 Å². The van der Waals surface area contributed by atoms with E-state index in [1.807, 2.05) is 0 Å². The molecule has 0 amide bonds. The number of hydrogen-bond acceptors (Lipinski definition) is 10. The number of carbonyl (C=O) groups excluding carboxylic acids is 1. The van der Waals surface area contributed by atoms with Crippen molar-refractivity contribution in [2.75, 3.05) is 6.54 Å². The second-order valence-electron chi connectivity index (χ2n) is 7.68. The quantitative estimate of drug-likeness (QED) is 0.193. The van der Waals surface area contributed by atoms with Gasteiger partial charge in [0, 0.05) is 24.6 Å². The van der Waals surface area contributed by atoms with Gasteiger partial charge in [-0.2, -0.15) is 4.99 Å². The van der Waals surface area contributed by atoms with Crippen LogP contribution in [0.15, 0.2) is 33.9 Å². The van der Waals surface area contributed by atoms with Gasteiger partial charge >= 0.3 is 11.9 Å².